The van der Waals surface area contributed by atoms with Gasteiger partial charge in [0.05, 0.1) is 33.7 Å². The van der Waals surface area contributed by atoms with Crippen molar-refractivity contribution in [2.24, 2.45) is 0 Å². The van der Waals surface area contributed by atoms with Crippen molar-refractivity contribution in [2.75, 3.05) is 46.0 Å². The molecule has 2 saturated heterocycles. The van der Waals surface area contributed by atoms with Crippen LogP contribution in [0.5, 0.6) is 5.75 Å². The molecule has 0 bridgehead atoms. The molecule has 2 heterocycles. The smallest absolute Gasteiger partial charge is 0.335 e. The molecule has 1 N–H and O–H groups in total. The number of ether oxygens (including phenoxy) is 2. The third kappa shape index (κ3) is 7.53. The number of carbonyl (C=O) groups excluding carboxylic acids is 1. The predicted molar refractivity (Wildman–Crippen MR) is 172 cm³/mol. The molecule has 0 aromatic heterocycles. The van der Waals surface area contributed by atoms with Crippen molar-refractivity contribution in [1.29, 1.82) is 0 Å². The summed E-state index contributed by atoms with van der Waals surface area (Å²) in [7, 11) is 0. The van der Waals surface area contributed by atoms with Crippen LogP contribution in [0.25, 0.3) is 17.2 Å². The van der Waals surface area contributed by atoms with Crippen molar-refractivity contribution in [1.82, 2.24) is 9.80 Å². The second kappa shape index (κ2) is 14.0. The highest BCUT2D eigenvalue weighted by Crippen LogP contribution is 2.37. The van der Waals surface area contributed by atoms with E-state index >= 15 is 0 Å². The van der Waals surface area contributed by atoms with Crippen LogP contribution in [0.3, 0.4) is 0 Å². The molecule has 7 nitrogen and oxygen atoms in total. The zero-order valence-electron chi connectivity index (χ0n) is 22.6. The Morgan fingerprint density at radius 1 is 1.02 bits per heavy atom. The number of carboxylic acids is 1. The Morgan fingerprint density at radius 3 is 2.50 bits per heavy atom. The van der Waals surface area contributed by atoms with E-state index in [1.54, 1.807) is 41.3 Å². The topological polar surface area (TPSA) is 79.3 Å². The van der Waals surface area contributed by atoms with Gasteiger partial charge < -0.3 is 14.6 Å². The van der Waals surface area contributed by atoms with Crippen LogP contribution >= 0.6 is 47.2 Å². The molecule has 3 aromatic rings. The minimum absolute atomic E-state index is 0.158. The van der Waals surface area contributed by atoms with E-state index in [2.05, 4.69) is 4.90 Å². The lowest BCUT2D eigenvalue weighted by Gasteiger charge is -2.26. The number of thioether (sulfide) groups is 1. The van der Waals surface area contributed by atoms with Gasteiger partial charge in [0, 0.05) is 31.7 Å². The summed E-state index contributed by atoms with van der Waals surface area (Å²) in [6.07, 6.45) is 2.39. The highest BCUT2D eigenvalue weighted by Gasteiger charge is 2.31. The fourth-order valence-electron chi connectivity index (χ4n) is 4.66. The molecule has 42 heavy (non-hydrogen) atoms. The van der Waals surface area contributed by atoms with Gasteiger partial charge in [-0.2, -0.15) is 0 Å². The van der Waals surface area contributed by atoms with Crippen molar-refractivity contribution in [2.45, 2.75) is 6.42 Å². The fourth-order valence-corrected chi connectivity index (χ4v) is 6.27. The first kappa shape index (κ1) is 30.5. The first-order valence-electron chi connectivity index (χ1n) is 13.4. The van der Waals surface area contributed by atoms with Gasteiger partial charge >= 0.3 is 5.97 Å². The van der Waals surface area contributed by atoms with Crippen molar-refractivity contribution < 1.29 is 24.2 Å². The van der Waals surface area contributed by atoms with Gasteiger partial charge in [-0.1, -0.05) is 71.4 Å². The van der Waals surface area contributed by atoms with Gasteiger partial charge in [0.2, 0.25) is 0 Å². The number of amides is 1. The van der Waals surface area contributed by atoms with E-state index in [9.17, 15) is 9.59 Å². The number of nitrogens with zero attached hydrogens (tertiary/aromatic N) is 2. The van der Waals surface area contributed by atoms with Crippen LogP contribution in [-0.2, 0) is 16.0 Å². The maximum atomic E-state index is 13.3. The summed E-state index contributed by atoms with van der Waals surface area (Å²) in [5, 5.41) is 10.0. The van der Waals surface area contributed by atoms with E-state index in [0.29, 0.717) is 44.6 Å². The van der Waals surface area contributed by atoms with Crippen LogP contribution in [-0.4, -0.2) is 77.1 Å². The molecule has 0 radical (unpaired) electrons. The third-order valence-electron chi connectivity index (χ3n) is 7.00. The van der Waals surface area contributed by atoms with Crippen LogP contribution in [0.1, 0.15) is 21.5 Å². The number of halogens is 2. The number of benzene rings is 3. The first-order valence-corrected chi connectivity index (χ1v) is 15.4. The number of hydrogen-bond acceptors (Lipinski definition) is 7. The summed E-state index contributed by atoms with van der Waals surface area (Å²) in [4.78, 5) is 28.8. The highest BCUT2D eigenvalue weighted by molar-refractivity contribution is 8.26. The summed E-state index contributed by atoms with van der Waals surface area (Å²) >= 11 is 19.3. The van der Waals surface area contributed by atoms with Crippen molar-refractivity contribution >= 4 is 69.5 Å². The van der Waals surface area contributed by atoms with Gasteiger partial charge in [-0.15, -0.1) is 0 Å². The Morgan fingerprint density at radius 2 is 1.79 bits per heavy atom. The van der Waals surface area contributed by atoms with Gasteiger partial charge in [0.15, 0.2) is 0 Å². The number of morpholine rings is 1. The summed E-state index contributed by atoms with van der Waals surface area (Å²) in [6.45, 7) is 4.95. The number of rotatable bonds is 10. The maximum Gasteiger partial charge on any atom is 0.335 e. The first-order chi connectivity index (χ1) is 20.3. The second-order valence-electron chi connectivity index (χ2n) is 9.77. The standard InChI is InChI=1S/C31H28Cl2N2O5S2/c32-25-7-6-23(19-26(25)33)24-17-21(3-8-27(24)40-16-13-34-11-14-39-15-12-34)18-28-29(36)35(31(41)42-28)10-9-20-1-4-22(5-2-20)30(37)38/h1-8,17-19H,9-16H2,(H,37,38). The highest BCUT2D eigenvalue weighted by atomic mass is 35.5. The van der Waals surface area contributed by atoms with Crippen LogP contribution in [0, 0.1) is 0 Å². The van der Waals surface area contributed by atoms with Gasteiger partial charge in [-0.25, -0.2) is 4.79 Å². The van der Waals surface area contributed by atoms with E-state index in [1.807, 2.05) is 30.3 Å². The molecular formula is C31H28Cl2N2O5S2. The number of aromatic carboxylic acids is 1. The minimum Gasteiger partial charge on any atom is -0.492 e. The summed E-state index contributed by atoms with van der Waals surface area (Å²) in [6, 6.07) is 17.9. The van der Waals surface area contributed by atoms with Gasteiger partial charge in [0.25, 0.3) is 5.91 Å². The summed E-state index contributed by atoms with van der Waals surface area (Å²) < 4.78 is 12.1. The molecule has 1 amide bonds. The normalized spacial score (nSPS) is 16.8. The Labute approximate surface area is 264 Å². The lowest BCUT2D eigenvalue weighted by Crippen LogP contribution is -2.38. The molecule has 0 unspecified atom stereocenters. The van der Waals surface area contributed by atoms with Gasteiger partial charge in [-0.05, 0) is 65.6 Å². The minimum atomic E-state index is -0.974. The average molecular weight is 644 g/mol. The SMILES string of the molecule is O=C(O)c1ccc(CCN2C(=O)C(=Cc3ccc(OCCN4CCOCC4)c(-c4ccc(Cl)c(Cl)c4)c3)SC2=S)cc1. The predicted octanol–water partition coefficient (Wildman–Crippen LogP) is 6.51. The van der Waals surface area contributed by atoms with E-state index in [4.69, 9.17) is 50.0 Å². The maximum absolute atomic E-state index is 13.3. The van der Waals surface area contributed by atoms with E-state index in [-0.39, 0.29) is 11.5 Å². The lowest BCUT2D eigenvalue weighted by molar-refractivity contribution is -0.122. The van der Waals surface area contributed by atoms with Crippen LogP contribution in [0.4, 0.5) is 0 Å². The largest absolute Gasteiger partial charge is 0.492 e. The molecular weight excluding hydrogens is 615 g/mol. The Kier molecular flexibility index (Phi) is 10.2. The number of carboxylic acid groups (broad SMARTS) is 1. The molecule has 2 fully saturated rings. The Hall–Kier alpha value is -2.92. The molecule has 2 aliphatic rings. The van der Waals surface area contributed by atoms with E-state index < -0.39 is 5.97 Å². The molecule has 0 atom stereocenters. The monoisotopic (exact) mass is 642 g/mol. The number of thiocarbonyl (C=S) groups is 1. The lowest BCUT2D eigenvalue weighted by atomic mass is 10.0. The van der Waals surface area contributed by atoms with Crippen LogP contribution in [0.15, 0.2) is 65.6 Å². The van der Waals surface area contributed by atoms with Gasteiger partial charge in [0.1, 0.15) is 16.7 Å². The zero-order chi connectivity index (χ0) is 29.6. The zero-order valence-corrected chi connectivity index (χ0v) is 25.7. The molecule has 3 aromatic carbocycles. The van der Waals surface area contributed by atoms with Crippen molar-refractivity contribution in [3.8, 4) is 16.9 Å². The Bertz CT molecular complexity index is 1520. The molecule has 11 heteroatoms. The molecule has 0 saturated carbocycles. The van der Waals surface area contributed by atoms with E-state index in [1.165, 1.54) is 11.8 Å². The Balaban J connectivity index is 1.32. The van der Waals surface area contributed by atoms with Crippen molar-refractivity contribution in [3.05, 3.63) is 92.3 Å². The second-order valence-corrected chi connectivity index (χ2v) is 12.3. The molecule has 5 rings (SSSR count). The third-order valence-corrected chi connectivity index (χ3v) is 9.12. The van der Waals surface area contributed by atoms with Crippen LogP contribution in [0.2, 0.25) is 10.0 Å². The number of carbonyl (C=O) groups is 2. The van der Waals surface area contributed by atoms with Crippen molar-refractivity contribution in [3.63, 3.8) is 0 Å². The van der Waals surface area contributed by atoms with Crippen LogP contribution < -0.4 is 4.74 Å². The quantitative estimate of drug-likeness (QED) is 0.198. The fraction of sp³-hybridized carbons (Fsp3) is 0.258. The average Bonchev–Trinajstić information content (AvgIpc) is 3.26. The summed E-state index contributed by atoms with van der Waals surface area (Å²) in [5.74, 6) is -0.423. The van der Waals surface area contributed by atoms with E-state index in [0.717, 1.165) is 55.1 Å². The summed E-state index contributed by atoms with van der Waals surface area (Å²) in [5.41, 5.74) is 3.66. The molecule has 0 aliphatic carbocycles. The molecule has 0 spiro atoms. The number of hydrogen-bond donors (Lipinski definition) is 1. The molecule has 2 aliphatic heterocycles. The molecule has 218 valence electrons. The van der Waals surface area contributed by atoms with Gasteiger partial charge in [-0.3, -0.25) is 14.6 Å².